The predicted octanol–water partition coefficient (Wildman–Crippen LogP) is 2.83. The zero-order chi connectivity index (χ0) is 11.5. The van der Waals surface area contributed by atoms with Crippen LogP contribution in [-0.4, -0.2) is 12.7 Å². The normalized spacial score (nSPS) is 27.2. The first-order chi connectivity index (χ1) is 7.77. The van der Waals surface area contributed by atoms with Crippen LogP contribution in [0.2, 0.25) is 0 Å². The number of hydrogen-bond donors (Lipinski definition) is 2. The summed E-state index contributed by atoms with van der Waals surface area (Å²) in [6.07, 6.45) is 2.45. The molecule has 2 rings (SSSR count). The lowest BCUT2D eigenvalue weighted by atomic mass is 9.88. The van der Waals surface area contributed by atoms with Crippen LogP contribution in [0.1, 0.15) is 31.4 Å². The van der Waals surface area contributed by atoms with E-state index in [4.69, 9.17) is 10.6 Å². The Balaban J connectivity index is 2.19. The topological polar surface area (TPSA) is 47.3 Å². The summed E-state index contributed by atoms with van der Waals surface area (Å²) in [4.78, 5) is 0. The Morgan fingerprint density at radius 1 is 1.69 bits per heavy atom. The minimum atomic E-state index is 0.188. The molecule has 1 aromatic rings. The molecule has 0 aliphatic carbocycles. The third-order valence-electron chi connectivity index (χ3n) is 3.25. The van der Waals surface area contributed by atoms with Crippen molar-refractivity contribution in [1.82, 2.24) is 5.43 Å². The largest absolute Gasteiger partial charge is 0.378 e. The number of hydrogen-bond acceptors (Lipinski definition) is 4. The number of nitrogens with two attached hydrogens (primary N) is 1. The second-order valence-corrected chi connectivity index (χ2v) is 5.69. The third-order valence-corrected chi connectivity index (χ3v) is 5.00. The van der Waals surface area contributed by atoms with Crippen LogP contribution >= 0.6 is 27.3 Å². The molecule has 1 aliphatic rings. The first-order valence-corrected chi connectivity index (χ1v) is 7.30. The van der Waals surface area contributed by atoms with Gasteiger partial charge in [0.1, 0.15) is 0 Å². The van der Waals surface area contributed by atoms with Gasteiger partial charge in [0.05, 0.1) is 12.1 Å². The lowest BCUT2D eigenvalue weighted by molar-refractivity contribution is 0.0774. The predicted molar refractivity (Wildman–Crippen MR) is 70.2 cm³/mol. The minimum absolute atomic E-state index is 0.188. The fourth-order valence-electron chi connectivity index (χ4n) is 2.42. The van der Waals surface area contributed by atoms with Gasteiger partial charge < -0.3 is 4.74 Å². The average Bonchev–Trinajstić information content (AvgIpc) is 2.90. The van der Waals surface area contributed by atoms with Gasteiger partial charge in [-0.2, -0.15) is 11.3 Å². The molecule has 16 heavy (non-hydrogen) atoms. The Morgan fingerprint density at radius 3 is 3.06 bits per heavy atom. The Kier molecular flexibility index (Phi) is 4.38. The van der Waals surface area contributed by atoms with E-state index in [0.717, 1.165) is 23.9 Å². The lowest BCUT2D eigenvalue weighted by Crippen LogP contribution is -2.36. The summed E-state index contributed by atoms with van der Waals surface area (Å²) in [5.74, 6) is 6.18. The van der Waals surface area contributed by atoms with E-state index in [9.17, 15) is 0 Å². The monoisotopic (exact) mass is 304 g/mol. The molecule has 90 valence electrons. The van der Waals surface area contributed by atoms with E-state index in [1.54, 1.807) is 11.3 Å². The van der Waals surface area contributed by atoms with E-state index in [1.807, 2.05) is 0 Å². The maximum Gasteiger partial charge on any atom is 0.0620 e. The van der Waals surface area contributed by atoms with Crippen molar-refractivity contribution in [3.63, 3.8) is 0 Å². The molecule has 0 radical (unpaired) electrons. The van der Waals surface area contributed by atoms with Crippen molar-refractivity contribution in [3.05, 3.63) is 20.8 Å². The van der Waals surface area contributed by atoms with Crippen LogP contribution in [0.25, 0.3) is 0 Å². The first-order valence-electron chi connectivity index (χ1n) is 5.57. The Bertz CT molecular complexity index is 344. The molecule has 0 amide bonds. The van der Waals surface area contributed by atoms with E-state index in [-0.39, 0.29) is 6.04 Å². The van der Waals surface area contributed by atoms with Crippen molar-refractivity contribution >= 4 is 27.3 Å². The summed E-state index contributed by atoms with van der Waals surface area (Å²) >= 11 is 5.26. The van der Waals surface area contributed by atoms with Crippen molar-refractivity contribution in [1.29, 1.82) is 0 Å². The van der Waals surface area contributed by atoms with Gasteiger partial charge in [0, 0.05) is 22.4 Å². The molecule has 5 heteroatoms. The quantitative estimate of drug-likeness (QED) is 0.664. The highest BCUT2D eigenvalue weighted by Gasteiger charge is 2.34. The molecule has 3 N–H and O–H groups in total. The maximum absolute atomic E-state index is 5.73. The smallest absolute Gasteiger partial charge is 0.0620 e. The van der Waals surface area contributed by atoms with Gasteiger partial charge in [0.2, 0.25) is 0 Å². The SMILES string of the molecule is CCC1OCCC1C(NN)c1cscc1Br. The maximum atomic E-state index is 5.73. The molecule has 2 heterocycles. The van der Waals surface area contributed by atoms with Gasteiger partial charge in [0.25, 0.3) is 0 Å². The van der Waals surface area contributed by atoms with Gasteiger partial charge in [-0.1, -0.05) is 6.92 Å². The number of nitrogens with one attached hydrogen (secondary N) is 1. The molecule has 1 saturated heterocycles. The Hall–Kier alpha value is 0.0600. The Labute approximate surface area is 108 Å². The van der Waals surface area contributed by atoms with Gasteiger partial charge in [-0.05, 0) is 39.7 Å². The summed E-state index contributed by atoms with van der Waals surface area (Å²) in [5, 5.41) is 4.25. The van der Waals surface area contributed by atoms with E-state index in [1.165, 1.54) is 5.56 Å². The summed E-state index contributed by atoms with van der Waals surface area (Å²) in [6, 6.07) is 0.188. The third kappa shape index (κ3) is 2.33. The standard InChI is InChI=1S/C11H17BrN2OS/c1-2-10-7(3-4-15-10)11(14-13)8-5-16-6-9(8)12/h5-7,10-11,14H,2-4,13H2,1H3. The molecular weight excluding hydrogens is 288 g/mol. The second kappa shape index (κ2) is 5.60. The molecule has 3 unspecified atom stereocenters. The molecule has 3 atom stereocenters. The van der Waals surface area contributed by atoms with Crippen molar-refractivity contribution in [2.24, 2.45) is 11.8 Å². The molecule has 0 bridgehead atoms. The van der Waals surface area contributed by atoms with Crippen LogP contribution in [0.4, 0.5) is 0 Å². The van der Waals surface area contributed by atoms with Crippen molar-refractivity contribution < 1.29 is 4.74 Å². The van der Waals surface area contributed by atoms with Crippen molar-refractivity contribution in [2.75, 3.05) is 6.61 Å². The molecule has 0 spiro atoms. The van der Waals surface area contributed by atoms with Crippen LogP contribution in [0, 0.1) is 5.92 Å². The summed E-state index contributed by atoms with van der Waals surface area (Å²) in [5.41, 5.74) is 4.20. The van der Waals surface area contributed by atoms with Crippen LogP contribution < -0.4 is 11.3 Å². The van der Waals surface area contributed by atoms with Crippen molar-refractivity contribution in [3.8, 4) is 0 Å². The lowest BCUT2D eigenvalue weighted by Gasteiger charge is -2.26. The second-order valence-electron chi connectivity index (χ2n) is 4.09. The minimum Gasteiger partial charge on any atom is -0.378 e. The van der Waals surface area contributed by atoms with Gasteiger partial charge in [0.15, 0.2) is 0 Å². The molecular formula is C11H17BrN2OS. The van der Waals surface area contributed by atoms with Gasteiger partial charge in [-0.15, -0.1) is 0 Å². The summed E-state index contributed by atoms with van der Waals surface area (Å²) in [7, 11) is 0. The summed E-state index contributed by atoms with van der Waals surface area (Å²) in [6.45, 7) is 3.02. The molecule has 1 aliphatic heterocycles. The molecule has 0 aromatic carbocycles. The van der Waals surface area contributed by atoms with E-state index < -0.39 is 0 Å². The van der Waals surface area contributed by atoms with Crippen LogP contribution in [0.15, 0.2) is 15.2 Å². The first kappa shape index (κ1) is 12.5. The zero-order valence-corrected chi connectivity index (χ0v) is 11.7. The van der Waals surface area contributed by atoms with Gasteiger partial charge in [-0.25, -0.2) is 0 Å². The van der Waals surface area contributed by atoms with E-state index >= 15 is 0 Å². The van der Waals surface area contributed by atoms with Gasteiger partial charge in [-0.3, -0.25) is 11.3 Å². The summed E-state index contributed by atoms with van der Waals surface area (Å²) < 4.78 is 6.87. The number of hydrazine groups is 1. The number of halogens is 1. The highest BCUT2D eigenvalue weighted by atomic mass is 79.9. The van der Waals surface area contributed by atoms with Crippen LogP contribution in [-0.2, 0) is 4.74 Å². The molecule has 3 nitrogen and oxygen atoms in total. The molecule has 1 aromatic heterocycles. The highest BCUT2D eigenvalue weighted by molar-refractivity contribution is 9.10. The number of rotatable bonds is 4. The average molecular weight is 305 g/mol. The van der Waals surface area contributed by atoms with Crippen molar-refractivity contribution in [2.45, 2.75) is 31.9 Å². The van der Waals surface area contributed by atoms with Gasteiger partial charge >= 0.3 is 0 Å². The Morgan fingerprint density at radius 2 is 2.50 bits per heavy atom. The number of thiophene rings is 1. The zero-order valence-electron chi connectivity index (χ0n) is 9.28. The molecule has 0 saturated carbocycles. The molecule has 1 fully saturated rings. The van der Waals surface area contributed by atoms with Crippen LogP contribution in [0.5, 0.6) is 0 Å². The van der Waals surface area contributed by atoms with E-state index in [0.29, 0.717) is 12.0 Å². The van der Waals surface area contributed by atoms with E-state index in [2.05, 4.69) is 39.0 Å². The fourth-order valence-corrected chi connectivity index (χ4v) is 4.00. The van der Waals surface area contributed by atoms with Crippen LogP contribution in [0.3, 0.4) is 0 Å². The number of ether oxygens (including phenoxy) is 1. The fraction of sp³-hybridized carbons (Fsp3) is 0.636. The highest BCUT2D eigenvalue weighted by Crippen LogP contribution is 2.38.